The third-order valence-electron chi connectivity index (χ3n) is 1.67. The fraction of sp³-hybridized carbons (Fsp3) is 0.750. The molecule has 0 radical (unpaired) electrons. The van der Waals surface area contributed by atoms with Gasteiger partial charge in [-0.15, -0.1) is 0 Å². The van der Waals surface area contributed by atoms with E-state index in [0.29, 0.717) is 6.42 Å². The molecule has 0 spiro atoms. The van der Waals surface area contributed by atoms with Crippen LogP contribution in [-0.4, -0.2) is 22.5 Å². The molecule has 2 N–H and O–H groups in total. The summed E-state index contributed by atoms with van der Waals surface area (Å²) in [5.74, 6) is -1.30. The molecule has 0 saturated carbocycles. The van der Waals surface area contributed by atoms with E-state index in [4.69, 9.17) is 5.11 Å². The first kappa shape index (κ1) is 10.9. The molecule has 0 heterocycles. The minimum Gasteiger partial charge on any atom is -0.480 e. The molecule has 0 aromatic rings. The van der Waals surface area contributed by atoms with Crippen LogP contribution >= 0.6 is 0 Å². The van der Waals surface area contributed by atoms with Gasteiger partial charge < -0.3 is 10.4 Å². The Hall–Kier alpha value is -1.06. The summed E-state index contributed by atoms with van der Waals surface area (Å²) in [6.45, 7) is 4.71. The van der Waals surface area contributed by atoms with Crippen LogP contribution in [-0.2, 0) is 9.59 Å². The number of carbonyl (C=O) groups excluding carboxylic acids is 1. The topological polar surface area (TPSA) is 66.4 Å². The predicted octanol–water partition coefficient (Wildman–Crippen LogP) is 0.766. The number of carboxylic acids is 1. The van der Waals surface area contributed by atoms with Gasteiger partial charge in [-0.25, -0.2) is 4.79 Å². The van der Waals surface area contributed by atoms with Crippen LogP contribution in [0.15, 0.2) is 0 Å². The van der Waals surface area contributed by atoms with Crippen molar-refractivity contribution in [2.75, 3.05) is 0 Å². The zero-order valence-electron chi connectivity index (χ0n) is 7.68. The third-order valence-corrected chi connectivity index (χ3v) is 1.67. The van der Waals surface area contributed by atoms with E-state index in [1.165, 1.54) is 13.8 Å². The SMILES string of the molecule is CCCC(C)(NC(C)=O)C(=O)O. The van der Waals surface area contributed by atoms with Crippen molar-refractivity contribution in [1.82, 2.24) is 5.32 Å². The van der Waals surface area contributed by atoms with Crippen molar-refractivity contribution in [2.24, 2.45) is 0 Å². The molecule has 0 aromatic carbocycles. The predicted molar refractivity (Wildman–Crippen MR) is 44.8 cm³/mol. The lowest BCUT2D eigenvalue weighted by Gasteiger charge is -2.24. The van der Waals surface area contributed by atoms with Gasteiger partial charge in [0.2, 0.25) is 5.91 Å². The Morgan fingerprint density at radius 3 is 2.25 bits per heavy atom. The van der Waals surface area contributed by atoms with E-state index in [2.05, 4.69) is 5.32 Å². The lowest BCUT2D eigenvalue weighted by Crippen LogP contribution is -2.51. The fourth-order valence-corrected chi connectivity index (χ4v) is 1.11. The van der Waals surface area contributed by atoms with E-state index in [-0.39, 0.29) is 5.91 Å². The lowest BCUT2D eigenvalue weighted by molar-refractivity contribution is -0.146. The second kappa shape index (κ2) is 4.09. The molecule has 4 heteroatoms. The average Bonchev–Trinajstić information content (AvgIpc) is 1.85. The van der Waals surface area contributed by atoms with Crippen LogP contribution in [0.4, 0.5) is 0 Å². The van der Waals surface area contributed by atoms with Crippen LogP contribution in [0.1, 0.15) is 33.6 Å². The highest BCUT2D eigenvalue weighted by molar-refractivity contribution is 5.85. The van der Waals surface area contributed by atoms with E-state index in [1.807, 2.05) is 6.92 Å². The molecule has 12 heavy (non-hydrogen) atoms. The molecular formula is C8H15NO3. The van der Waals surface area contributed by atoms with Crippen molar-refractivity contribution in [2.45, 2.75) is 39.2 Å². The Bertz CT molecular complexity index is 191. The van der Waals surface area contributed by atoms with Crippen molar-refractivity contribution in [3.8, 4) is 0 Å². The molecule has 1 atom stereocenters. The molecule has 0 aromatic heterocycles. The lowest BCUT2D eigenvalue weighted by atomic mass is 9.96. The van der Waals surface area contributed by atoms with Gasteiger partial charge >= 0.3 is 5.97 Å². The maximum absolute atomic E-state index is 10.7. The monoisotopic (exact) mass is 173 g/mol. The zero-order chi connectivity index (χ0) is 9.78. The molecule has 4 nitrogen and oxygen atoms in total. The number of hydrogen-bond acceptors (Lipinski definition) is 2. The summed E-state index contributed by atoms with van der Waals surface area (Å²) in [4.78, 5) is 21.4. The molecular weight excluding hydrogens is 158 g/mol. The average molecular weight is 173 g/mol. The molecule has 0 bridgehead atoms. The summed E-state index contributed by atoms with van der Waals surface area (Å²) < 4.78 is 0. The second-order valence-corrected chi connectivity index (χ2v) is 3.07. The molecule has 0 aliphatic rings. The quantitative estimate of drug-likeness (QED) is 0.659. The van der Waals surface area contributed by atoms with Crippen molar-refractivity contribution in [3.05, 3.63) is 0 Å². The summed E-state index contributed by atoms with van der Waals surface area (Å²) in [6.07, 6.45) is 1.17. The zero-order valence-corrected chi connectivity index (χ0v) is 7.68. The number of nitrogens with one attached hydrogen (secondary N) is 1. The second-order valence-electron chi connectivity index (χ2n) is 3.07. The largest absolute Gasteiger partial charge is 0.480 e. The first-order chi connectivity index (χ1) is 5.42. The first-order valence-corrected chi connectivity index (χ1v) is 3.94. The molecule has 0 rings (SSSR count). The maximum atomic E-state index is 10.7. The number of amides is 1. The van der Waals surface area contributed by atoms with Crippen LogP contribution in [0, 0.1) is 0 Å². The first-order valence-electron chi connectivity index (χ1n) is 3.94. The van der Waals surface area contributed by atoms with Crippen LogP contribution in [0.5, 0.6) is 0 Å². The number of carboxylic acid groups (broad SMARTS) is 1. The molecule has 1 unspecified atom stereocenters. The Labute approximate surface area is 72.0 Å². The molecule has 0 aliphatic heterocycles. The van der Waals surface area contributed by atoms with Gasteiger partial charge in [-0.3, -0.25) is 4.79 Å². The minimum absolute atomic E-state index is 0.312. The van der Waals surface area contributed by atoms with E-state index in [1.54, 1.807) is 0 Å². The van der Waals surface area contributed by atoms with Gasteiger partial charge in [0, 0.05) is 6.92 Å². The van der Waals surface area contributed by atoms with Crippen molar-refractivity contribution >= 4 is 11.9 Å². The van der Waals surface area contributed by atoms with E-state index >= 15 is 0 Å². The van der Waals surface area contributed by atoms with Crippen LogP contribution in [0.3, 0.4) is 0 Å². The van der Waals surface area contributed by atoms with Crippen molar-refractivity contribution < 1.29 is 14.7 Å². The van der Waals surface area contributed by atoms with Gasteiger partial charge in [0.15, 0.2) is 0 Å². The van der Waals surface area contributed by atoms with E-state index < -0.39 is 11.5 Å². The fourth-order valence-electron chi connectivity index (χ4n) is 1.11. The molecule has 0 fully saturated rings. The van der Waals surface area contributed by atoms with Crippen molar-refractivity contribution in [3.63, 3.8) is 0 Å². The summed E-state index contributed by atoms with van der Waals surface area (Å²) in [5.41, 5.74) is -1.11. The van der Waals surface area contributed by atoms with Crippen LogP contribution in [0.25, 0.3) is 0 Å². The third kappa shape index (κ3) is 2.90. The van der Waals surface area contributed by atoms with E-state index in [9.17, 15) is 9.59 Å². The van der Waals surface area contributed by atoms with Gasteiger partial charge in [-0.05, 0) is 13.3 Å². The van der Waals surface area contributed by atoms with E-state index in [0.717, 1.165) is 6.42 Å². The number of aliphatic carboxylic acids is 1. The van der Waals surface area contributed by atoms with Gasteiger partial charge in [0.05, 0.1) is 0 Å². The Kier molecular flexibility index (Phi) is 3.73. The summed E-state index contributed by atoms with van der Waals surface area (Å²) >= 11 is 0. The van der Waals surface area contributed by atoms with Gasteiger partial charge in [-0.1, -0.05) is 13.3 Å². The highest BCUT2D eigenvalue weighted by atomic mass is 16.4. The highest BCUT2D eigenvalue weighted by Gasteiger charge is 2.32. The van der Waals surface area contributed by atoms with Crippen LogP contribution in [0.2, 0.25) is 0 Å². The molecule has 70 valence electrons. The highest BCUT2D eigenvalue weighted by Crippen LogP contribution is 2.11. The minimum atomic E-state index is -1.11. The Balaban J connectivity index is 4.38. The normalized spacial score (nSPS) is 14.9. The van der Waals surface area contributed by atoms with Gasteiger partial charge in [-0.2, -0.15) is 0 Å². The summed E-state index contributed by atoms with van der Waals surface area (Å²) in [7, 11) is 0. The Morgan fingerprint density at radius 2 is 2.00 bits per heavy atom. The summed E-state index contributed by atoms with van der Waals surface area (Å²) in [5, 5.41) is 11.2. The summed E-state index contributed by atoms with van der Waals surface area (Å²) in [6, 6.07) is 0. The van der Waals surface area contributed by atoms with Gasteiger partial charge in [0.25, 0.3) is 0 Å². The standard InChI is InChI=1S/C8H15NO3/c1-4-5-8(3,7(11)12)9-6(2)10/h4-5H2,1-3H3,(H,9,10)(H,11,12). The Morgan fingerprint density at radius 1 is 1.50 bits per heavy atom. The molecule has 0 saturated heterocycles. The number of carbonyl (C=O) groups is 2. The maximum Gasteiger partial charge on any atom is 0.329 e. The van der Waals surface area contributed by atoms with Gasteiger partial charge in [0.1, 0.15) is 5.54 Å². The van der Waals surface area contributed by atoms with Crippen LogP contribution < -0.4 is 5.32 Å². The number of rotatable bonds is 4. The molecule has 0 aliphatic carbocycles. The smallest absolute Gasteiger partial charge is 0.329 e. The van der Waals surface area contributed by atoms with Crippen molar-refractivity contribution in [1.29, 1.82) is 0 Å². The number of hydrogen-bond donors (Lipinski definition) is 2. The molecule has 1 amide bonds.